The van der Waals surface area contributed by atoms with Crippen molar-refractivity contribution >= 4 is 16.7 Å². The van der Waals surface area contributed by atoms with E-state index in [-0.39, 0.29) is 17.0 Å². The van der Waals surface area contributed by atoms with E-state index in [4.69, 9.17) is 10.00 Å². The second-order valence-corrected chi connectivity index (χ2v) is 6.10. The number of benzene rings is 3. The van der Waals surface area contributed by atoms with E-state index < -0.39 is 4.92 Å². The SMILES string of the molecule is Cc1ccc(Oc2ccc(C#N)cc2[N+](=O)[O-])c(-n2nc3ccccc3n2)c1. The van der Waals surface area contributed by atoms with Gasteiger partial charge in [0.2, 0.25) is 5.75 Å². The molecule has 0 radical (unpaired) electrons. The second kappa shape index (κ2) is 6.81. The molecule has 28 heavy (non-hydrogen) atoms. The van der Waals surface area contributed by atoms with E-state index in [0.29, 0.717) is 11.4 Å². The minimum Gasteiger partial charge on any atom is -0.448 e. The van der Waals surface area contributed by atoms with Crippen molar-refractivity contribution in [1.29, 1.82) is 5.26 Å². The Hall–Kier alpha value is -4.25. The molecular weight excluding hydrogens is 358 g/mol. The highest BCUT2D eigenvalue weighted by atomic mass is 16.6. The maximum atomic E-state index is 11.4. The Balaban J connectivity index is 1.82. The second-order valence-electron chi connectivity index (χ2n) is 6.10. The lowest BCUT2D eigenvalue weighted by molar-refractivity contribution is -0.385. The lowest BCUT2D eigenvalue weighted by atomic mass is 10.2. The van der Waals surface area contributed by atoms with Gasteiger partial charge in [0, 0.05) is 6.07 Å². The topological polar surface area (TPSA) is 107 Å². The van der Waals surface area contributed by atoms with Crippen LogP contribution in [0.3, 0.4) is 0 Å². The van der Waals surface area contributed by atoms with E-state index in [0.717, 1.165) is 16.6 Å². The maximum absolute atomic E-state index is 11.4. The summed E-state index contributed by atoms with van der Waals surface area (Å²) < 4.78 is 5.85. The zero-order valence-corrected chi connectivity index (χ0v) is 14.7. The van der Waals surface area contributed by atoms with E-state index in [1.807, 2.05) is 49.4 Å². The zero-order valence-electron chi connectivity index (χ0n) is 14.7. The first-order valence-corrected chi connectivity index (χ1v) is 8.34. The predicted molar refractivity (Wildman–Crippen MR) is 101 cm³/mol. The van der Waals surface area contributed by atoms with Gasteiger partial charge in [0.05, 0.1) is 16.6 Å². The number of nitro benzene ring substituents is 1. The summed E-state index contributed by atoms with van der Waals surface area (Å²) in [6, 6.07) is 18.8. The highest BCUT2D eigenvalue weighted by Crippen LogP contribution is 2.35. The van der Waals surface area contributed by atoms with Gasteiger partial charge in [-0.2, -0.15) is 5.26 Å². The third kappa shape index (κ3) is 3.12. The number of hydrogen-bond acceptors (Lipinski definition) is 6. The molecule has 136 valence electrons. The quantitative estimate of drug-likeness (QED) is 0.391. The number of nitriles is 1. The Kier molecular flexibility index (Phi) is 4.18. The third-order valence-corrected chi connectivity index (χ3v) is 4.12. The smallest absolute Gasteiger partial charge is 0.312 e. The van der Waals surface area contributed by atoms with Gasteiger partial charge in [-0.15, -0.1) is 15.0 Å². The van der Waals surface area contributed by atoms with E-state index in [9.17, 15) is 10.1 Å². The van der Waals surface area contributed by atoms with Crippen LogP contribution in [0.15, 0.2) is 60.7 Å². The molecular formula is C20H13N5O3. The average Bonchev–Trinajstić information content (AvgIpc) is 3.13. The van der Waals surface area contributed by atoms with Crippen molar-refractivity contribution < 1.29 is 9.66 Å². The van der Waals surface area contributed by atoms with Crippen LogP contribution >= 0.6 is 0 Å². The van der Waals surface area contributed by atoms with E-state index in [1.165, 1.54) is 23.0 Å². The summed E-state index contributed by atoms with van der Waals surface area (Å²) in [7, 11) is 0. The molecule has 0 atom stereocenters. The van der Waals surface area contributed by atoms with Crippen LogP contribution in [0.2, 0.25) is 0 Å². The van der Waals surface area contributed by atoms with Crippen LogP contribution in [0.4, 0.5) is 5.69 Å². The summed E-state index contributed by atoms with van der Waals surface area (Å²) in [4.78, 5) is 12.3. The first kappa shape index (κ1) is 17.2. The van der Waals surface area contributed by atoms with Gasteiger partial charge >= 0.3 is 5.69 Å². The van der Waals surface area contributed by atoms with Gasteiger partial charge in [-0.05, 0) is 48.9 Å². The molecule has 0 fully saturated rings. The fourth-order valence-corrected chi connectivity index (χ4v) is 2.77. The molecule has 0 aliphatic heterocycles. The molecule has 4 aromatic rings. The number of fused-ring (bicyclic) bond motifs is 1. The van der Waals surface area contributed by atoms with Crippen LogP contribution in [-0.4, -0.2) is 19.9 Å². The van der Waals surface area contributed by atoms with Crippen molar-refractivity contribution in [2.75, 3.05) is 0 Å². The van der Waals surface area contributed by atoms with Crippen molar-refractivity contribution in [3.63, 3.8) is 0 Å². The minimum absolute atomic E-state index is 0.0332. The molecule has 0 spiro atoms. The van der Waals surface area contributed by atoms with E-state index in [1.54, 1.807) is 6.07 Å². The number of ether oxygens (including phenoxy) is 1. The highest BCUT2D eigenvalue weighted by molar-refractivity contribution is 5.73. The fraction of sp³-hybridized carbons (Fsp3) is 0.0500. The maximum Gasteiger partial charge on any atom is 0.312 e. The molecule has 4 rings (SSSR count). The Bertz CT molecular complexity index is 1220. The number of aryl methyl sites for hydroxylation is 1. The van der Waals surface area contributed by atoms with Crippen LogP contribution in [0, 0.1) is 28.4 Å². The predicted octanol–water partition coefficient (Wildman–Crippen LogP) is 4.30. The molecule has 0 amide bonds. The number of rotatable bonds is 4. The molecule has 1 heterocycles. The normalized spacial score (nSPS) is 10.6. The molecule has 3 aromatic carbocycles. The Morgan fingerprint density at radius 3 is 2.36 bits per heavy atom. The van der Waals surface area contributed by atoms with Gasteiger partial charge < -0.3 is 4.74 Å². The first-order chi connectivity index (χ1) is 13.5. The summed E-state index contributed by atoms with van der Waals surface area (Å²) in [5.74, 6) is 0.393. The van der Waals surface area contributed by atoms with Crippen molar-refractivity contribution in [3.05, 3.63) is 81.9 Å². The van der Waals surface area contributed by atoms with Gasteiger partial charge in [0.15, 0.2) is 5.75 Å². The molecule has 0 saturated heterocycles. The fourth-order valence-electron chi connectivity index (χ4n) is 2.77. The number of nitrogens with zero attached hydrogens (tertiary/aromatic N) is 5. The van der Waals surface area contributed by atoms with Crippen LogP contribution in [0.1, 0.15) is 11.1 Å². The monoisotopic (exact) mass is 371 g/mol. The van der Waals surface area contributed by atoms with Crippen molar-refractivity contribution in [2.45, 2.75) is 6.92 Å². The van der Waals surface area contributed by atoms with Gasteiger partial charge in [-0.1, -0.05) is 18.2 Å². The summed E-state index contributed by atoms with van der Waals surface area (Å²) in [6.07, 6.45) is 0. The summed E-state index contributed by atoms with van der Waals surface area (Å²) >= 11 is 0. The van der Waals surface area contributed by atoms with E-state index in [2.05, 4.69) is 10.2 Å². The average molecular weight is 371 g/mol. The number of hydrogen-bond donors (Lipinski definition) is 0. The minimum atomic E-state index is -0.579. The van der Waals surface area contributed by atoms with Gasteiger partial charge in [-0.25, -0.2) is 0 Å². The number of nitro groups is 1. The van der Waals surface area contributed by atoms with Gasteiger partial charge in [-0.3, -0.25) is 10.1 Å². The van der Waals surface area contributed by atoms with Crippen LogP contribution in [0.5, 0.6) is 11.5 Å². The van der Waals surface area contributed by atoms with Crippen molar-refractivity contribution in [1.82, 2.24) is 15.0 Å². The lowest BCUT2D eigenvalue weighted by Gasteiger charge is -2.11. The van der Waals surface area contributed by atoms with Crippen molar-refractivity contribution in [2.24, 2.45) is 0 Å². The highest BCUT2D eigenvalue weighted by Gasteiger charge is 2.19. The third-order valence-electron chi connectivity index (χ3n) is 4.12. The Morgan fingerprint density at radius 2 is 1.71 bits per heavy atom. The van der Waals surface area contributed by atoms with Crippen molar-refractivity contribution in [3.8, 4) is 23.3 Å². The summed E-state index contributed by atoms with van der Waals surface area (Å²) in [5.41, 5.74) is 2.85. The summed E-state index contributed by atoms with van der Waals surface area (Å²) in [5, 5.41) is 29.3. The van der Waals surface area contributed by atoms with Crippen LogP contribution in [0.25, 0.3) is 16.7 Å². The standard InChI is InChI=1S/C20H13N5O3/c1-13-6-8-19(28-20-9-7-14(12-21)11-18(20)25(26)27)17(10-13)24-22-15-4-2-3-5-16(15)23-24/h2-11H,1H3. The molecule has 0 aliphatic rings. The molecule has 8 nitrogen and oxygen atoms in total. The Labute approximate surface area is 159 Å². The lowest BCUT2D eigenvalue weighted by Crippen LogP contribution is -2.03. The molecule has 1 aromatic heterocycles. The molecule has 0 saturated carbocycles. The number of aromatic nitrogens is 3. The molecule has 0 aliphatic carbocycles. The largest absolute Gasteiger partial charge is 0.448 e. The molecule has 8 heteroatoms. The zero-order chi connectivity index (χ0) is 19.7. The molecule has 0 unspecified atom stereocenters. The van der Waals surface area contributed by atoms with Crippen LogP contribution < -0.4 is 4.74 Å². The molecule has 0 N–H and O–H groups in total. The first-order valence-electron chi connectivity index (χ1n) is 8.34. The summed E-state index contributed by atoms with van der Waals surface area (Å²) in [6.45, 7) is 1.92. The Morgan fingerprint density at radius 1 is 1.04 bits per heavy atom. The molecule has 0 bridgehead atoms. The van der Waals surface area contributed by atoms with E-state index >= 15 is 0 Å². The van der Waals surface area contributed by atoms with Gasteiger partial charge in [0.25, 0.3) is 0 Å². The van der Waals surface area contributed by atoms with Gasteiger partial charge in [0.1, 0.15) is 16.7 Å². The van der Waals surface area contributed by atoms with Crippen LogP contribution in [-0.2, 0) is 0 Å².